The number of aromatic amines is 1. The molecular weight excluding hydrogens is 304 g/mol. The summed E-state index contributed by atoms with van der Waals surface area (Å²) in [7, 11) is 0. The van der Waals surface area contributed by atoms with Crippen LogP contribution in [0.15, 0.2) is 11.6 Å². The molecule has 1 amide bonds. The maximum absolute atomic E-state index is 12.3. The van der Waals surface area contributed by atoms with E-state index in [-0.39, 0.29) is 18.1 Å². The van der Waals surface area contributed by atoms with Crippen LogP contribution in [-0.4, -0.2) is 56.7 Å². The first-order valence-corrected chi connectivity index (χ1v) is 7.96. The van der Waals surface area contributed by atoms with E-state index in [2.05, 4.69) is 30.4 Å². The number of ether oxygens (including phenoxy) is 1. The van der Waals surface area contributed by atoms with Crippen LogP contribution in [0.5, 0.6) is 0 Å². The number of anilines is 1. The lowest BCUT2D eigenvalue weighted by Gasteiger charge is -2.34. The fourth-order valence-electron chi connectivity index (χ4n) is 2.34. The van der Waals surface area contributed by atoms with Crippen molar-refractivity contribution < 1.29 is 9.53 Å². The third-order valence-electron chi connectivity index (χ3n) is 3.59. The lowest BCUT2D eigenvalue weighted by atomic mass is 10.2. The Morgan fingerprint density at radius 3 is 3.18 bits per heavy atom. The van der Waals surface area contributed by atoms with Gasteiger partial charge in [0, 0.05) is 24.7 Å². The van der Waals surface area contributed by atoms with Crippen molar-refractivity contribution in [3.05, 3.63) is 23.2 Å². The van der Waals surface area contributed by atoms with Gasteiger partial charge in [0.25, 0.3) is 0 Å². The van der Waals surface area contributed by atoms with Crippen molar-refractivity contribution >= 4 is 22.4 Å². The maximum atomic E-state index is 12.3. The molecule has 1 aliphatic heterocycles. The minimum absolute atomic E-state index is 0.0678. The molecule has 0 radical (unpaired) electrons. The first kappa shape index (κ1) is 15.1. The highest BCUT2D eigenvalue weighted by atomic mass is 32.1. The number of nitrogens with one attached hydrogen (secondary N) is 2. The zero-order valence-corrected chi connectivity index (χ0v) is 13.3. The molecule has 2 aromatic rings. The van der Waals surface area contributed by atoms with Gasteiger partial charge in [0.05, 0.1) is 12.6 Å². The van der Waals surface area contributed by atoms with Crippen molar-refractivity contribution in [1.82, 2.24) is 25.1 Å². The van der Waals surface area contributed by atoms with Crippen LogP contribution in [0.1, 0.15) is 24.7 Å². The minimum Gasteiger partial charge on any atom is -0.367 e. The van der Waals surface area contributed by atoms with Gasteiger partial charge in [0.1, 0.15) is 11.9 Å². The van der Waals surface area contributed by atoms with E-state index in [0.717, 1.165) is 5.82 Å². The molecule has 9 heteroatoms. The Kier molecular flexibility index (Phi) is 4.46. The zero-order valence-electron chi connectivity index (χ0n) is 12.4. The second-order valence-electron chi connectivity index (χ2n) is 5.14. The lowest BCUT2D eigenvalue weighted by molar-refractivity contribution is -0.124. The number of carbonyl (C=O) groups excluding carboxylic acids is 1. The minimum atomic E-state index is -0.268. The van der Waals surface area contributed by atoms with Gasteiger partial charge in [0.2, 0.25) is 5.91 Å². The number of aryl methyl sites for hydroxylation is 1. The van der Waals surface area contributed by atoms with E-state index >= 15 is 0 Å². The molecule has 2 N–H and O–H groups in total. The molecule has 0 bridgehead atoms. The molecule has 1 aliphatic rings. The van der Waals surface area contributed by atoms with Gasteiger partial charge in [-0.05, 0) is 13.8 Å². The summed E-state index contributed by atoms with van der Waals surface area (Å²) in [5.41, 5.74) is 0. The summed E-state index contributed by atoms with van der Waals surface area (Å²) in [6, 6.07) is -0.268. The molecule has 8 nitrogen and oxygen atoms in total. The molecule has 0 aliphatic carbocycles. The number of rotatable bonds is 4. The summed E-state index contributed by atoms with van der Waals surface area (Å²) in [4.78, 5) is 22.7. The summed E-state index contributed by atoms with van der Waals surface area (Å²) >= 11 is 1.41. The fraction of sp³-hybridized carbons (Fsp3) is 0.538. The topological polar surface area (TPSA) is 96.0 Å². The van der Waals surface area contributed by atoms with Crippen molar-refractivity contribution in [3.8, 4) is 0 Å². The number of H-pyrrole nitrogens is 1. The summed E-state index contributed by atoms with van der Waals surface area (Å²) < 4.78 is 5.71. The number of aromatic nitrogens is 4. The van der Waals surface area contributed by atoms with Crippen LogP contribution < -0.4 is 5.32 Å². The van der Waals surface area contributed by atoms with Gasteiger partial charge in [-0.1, -0.05) is 0 Å². The molecule has 2 aromatic heterocycles. The summed E-state index contributed by atoms with van der Waals surface area (Å²) in [6.45, 7) is 5.57. The van der Waals surface area contributed by atoms with Gasteiger partial charge in [0.15, 0.2) is 11.0 Å². The second kappa shape index (κ2) is 6.51. The average molecular weight is 322 g/mol. The predicted molar refractivity (Wildman–Crippen MR) is 81.6 cm³/mol. The van der Waals surface area contributed by atoms with E-state index in [4.69, 9.17) is 4.74 Å². The lowest BCUT2D eigenvalue weighted by Crippen LogP contribution is -2.48. The first-order valence-electron chi connectivity index (χ1n) is 7.08. The van der Waals surface area contributed by atoms with Crippen LogP contribution in [0.3, 0.4) is 0 Å². The van der Waals surface area contributed by atoms with Crippen LogP contribution in [0.25, 0.3) is 0 Å². The van der Waals surface area contributed by atoms with Crippen LogP contribution in [0, 0.1) is 6.92 Å². The number of hydrogen-bond acceptors (Lipinski definition) is 7. The molecule has 3 rings (SSSR count). The molecule has 0 aromatic carbocycles. The average Bonchev–Trinajstić information content (AvgIpc) is 3.18. The van der Waals surface area contributed by atoms with E-state index in [1.54, 1.807) is 6.20 Å². The van der Waals surface area contributed by atoms with Crippen molar-refractivity contribution in [2.45, 2.75) is 26.0 Å². The summed E-state index contributed by atoms with van der Waals surface area (Å²) in [5, 5.41) is 12.2. The van der Waals surface area contributed by atoms with Crippen molar-refractivity contribution in [2.75, 3.05) is 25.0 Å². The first-order chi connectivity index (χ1) is 10.6. The number of nitrogens with zero attached hydrogens (tertiary/aromatic N) is 4. The zero-order chi connectivity index (χ0) is 15.5. The van der Waals surface area contributed by atoms with Gasteiger partial charge < -0.3 is 10.1 Å². The Hall–Kier alpha value is -1.84. The van der Waals surface area contributed by atoms with Crippen LogP contribution >= 0.6 is 11.3 Å². The highest BCUT2D eigenvalue weighted by Crippen LogP contribution is 2.21. The molecule has 1 fully saturated rings. The molecule has 0 saturated carbocycles. The monoisotopic (exact) mass is 322 g/mol. The number of carbonyl (C=O) groups is 1. The van der Waals surface area contributed by atoms with E-state index in [0.29, 0.717) is 30.7 Å². The molecule has 1 saturated heterocycles. The van der Waals surface area contributed by atoms with Gasteiger partial charge in [-0.15, -0.1) is 11.3 Å². The van der Waals surface area contributed by atoms with Gasteiger partial charge in [-0.25, -0.2) is 9.97 Å². The Morgan fingerprint density at radius 2 is 2.50 bits per heavy atom. The number of amides is 1. The Labute approximate surface area is 131 Å². The number of thiazole rings is 1. The third-order valence-corrected chi connectivity index (χ3v) is 4.28. The van der Waals surface area contributed by atoms with Crippen LogP contribution in [-0.2, 0) is 9.53 Å². The quantitative estimate of drug-likeness (QED) is 0.871. The fourth-order valence-corrected chi connectivity index (χ4v) is 2.87. The van der Waals surface area contributed by atoms with Gasteiger partial charge in [-0.3, -0.25) is 14.8 Å². The summed E-state index contributed by atoms with van der Waals surface area (Å²) in [6.07, 6.45) is 1.45. The molecule has 22 heavy (non-hydrogen) atoms. The van der Waals surface area contributed by atoms with Crippen molar-refractivity contribution in [3.63, 3.8) is 0 Å². The standard InChI is InChI=1S/C13H18N6O2S/c1-8(12(20)16-13-14-3-6-22-13)19-4-5-21-10(7-19)11-15-9(2)17-18-11/h3,6,8,10H,4-5,7H2,1-2H3,(H,14,16,20)(H,15,17,18)/t8-,10-/m1/s1. The Morgan fingerprint density at radius 1 is 1.64 bits per heavy atom. The number of morpholine rings is 1. The van der Waals surface area contributed by atoms with Crippen molar-refractivity contribution in [2.24, 2.45) is 0 Å². The maximum Gasteiger partial charge on any atom is 0.243 e. The SMILES string of the molecule is Cc1nc([C@H]2CN([C@H](C)C(=O)Nc3nccs3)CCO2)n[nH]1. The largest absolute Gasteiger partial charge is 0.367 e. The highest BCUT2D eigenvalue weighted by molar-refractivity contribution is 7.13. The Bertz CT molecular complexity index is 628. The van der Waals surface area contributed by atoms with Gasteiger partial charge in [-0.2, -0.15) is 5.10 Å². The van der Waals surface area contributed by atoms with Gasteiger partial charge >= 0.3 is 0 Å². The molecule has 3 heterocycles. The highest BCUT2D eigenvalue weighted by Gasteiger charge is 2.30. The van der Waals surface area contributed by atoms with E-state index < -0.39 is 0 Å². The van der Waals surface area contributed by atoms with Crippen molar-refractivity contribution in [1.29, 1.82) is 0 Å². The van der Waals surface area contributed by atoms with E-state index in [1.807, 2.05) is 19.2 Å². The molecule has 118 valence electrons. The van der Waals surface area contributed by atoms with Crippen LogP contribution in [0.4, 0.5) is 5.13 Å². The Balaban J connectivity index is 1.62. The second-order valence-corrected chi connectivity index (χ2v) is 6.03. The van der Waals surface area contributed by atoms with E-state index in [1.165, 1.54) is 11.3 Å². The molecule has 0 unspecified atom stereocenters. The molecule has 2 atom stereocenters. The van der Waals surface area contributed by atoms with Crippen LogP contribution in [0.2, 0.25) is 0 Å². The normalized spacial score (nSPS) is 20.7. The number of hydrogen-bond donors (Lipinski definition) is 2. The molecular formula is C13H18N6O2S. The smallest absolute Gasteiger partial charge is 0.243 e. The third kappa shape index (κ3) is 3.32. The predicted octanol–water partition coefficient (Wildman–Crippen LogP) is 0.970. The summed E-state index contributed by atoms with van der Waals surface area (Å²) in [5.74, 6) is 1.32. The van der Waals surface area contributed by atoms with E-state index in [9.17, 15) is 4.79 Å². The molecule has 0 spiro atoms.